The Bertz CT molecular complexity index is 544. The van der Waals surface area contributed by atoms with E-state index in [9.17, 15) is 22.4 Å². The highest BCUT2D eigenvalue weighted by Crippen LogP contribution is 2.32. The maximum absolute atomic E-state index is 13.1. The molecule has 0 atom stereocenters. The molecule has 0 aliphatic carbocycles. The molecule has 0 unspecified atom stereocenters. The van der Waals surface area contributed by atoms with Crippen LogP contribution in [0, 0.1) is 5.82 Å². The second-order valence-electron chi connectivity index (χ2n) is 3.99. The number of rotatable bonds is 2. The van der Waals surface area contributed by atoms with E-state index in [0.717, 1.165) is 11.0 Å². The van der Waals surface area contributed by atoms with E-state index in [1.807, 2.05) is 0 Å². The normalized spacial score (nSPS) is 10.5. The highest BCUT2D eigenvalue weighted by Gasteiger charge is 2.34. The summed E-state index contributed by atoms with van der Waals surface area (Å²) >= 11 is 0. The second kappa shape index (κ2) is 7.11. The third-order valence-electron chi connectivity index (χ3n) is 2.31. The van der Waals surface area contributed by atoms with Crippen LogP contribution < -0.4 is 11.5 Å². The van der Waals surface area contributed by atoms with Crippen LogP contribution in [-0.2, 0) is 12.7 Å². The SMILES string of the molecule is CN(Cc1ccc(F)c(C(F)(F)F)c1)C(=O)N=C(N)N.Cl. The number of guanidine groups is 1. The third kappa shape index (κ3) is 5.46. The smallest absolute Gasteiger partial charge is 0.370 e. The van der Waals surface area contributed by atoms with Crippen LogP contribution in [0.2, 0.25) is 0 Å². The first-order valence-electron chi connectivity index (χ1n) is 5.31. The van der Waals surface area contributed by atoms with Crippen molar-refractivity contribution in [1.82, 2.24) is 4.90 Å². The van der Waals surface area contributed by atoms with Crippen LogP contribution in [0.5, 0.6) is 0 Å². The molecule has 10 heteroatoms. The fraction of sp³-hybridized carbons (Fsp3) is 0.273. The lowest BCUT2D eigenvalue weighted by atomic mass is 10.1. The molecule has 2 amide bonds. The Balaban J connectivity index is 0.00000400. The minimum Gasteiger partial charge on any atom is -0.370 e. The van der Waals surface area contributed by atoms with Crippen molar-refractivity contribution in [2.75, 3.05) is 7.05 Å². The molecule has 0 saturated heterocycles. The molecule has 0 radical (unpaired) electrons. The number of alkyl halides is 3. The zero-order valence-corrected chi connectivity index (χ0v) is 11.6. The number of hydrogen-bond acceptors (Lipinski definition) is 1. The molecule has 0 aliphatic rings. The van der Waals surface area contributed by atoms with E-state index in [1.54, 1.807) is 0 Å². The maximum Gasteiger partial charge on any atom is 0.419 e. The van der Waals surface area contributed by atoms with Crippen LogP contribution in [0.4, 0.5) is 22.4 Å². The minimum absolute atomic E-state index is 0. The van der Waals surface area contributed by atoms with Crippen LogP contribution in [0.25, 0.3) is 0 Å². The Labute approximate surface area is 124 Å². The number of amides is 2. The molecule has 0 spiro atoms. The van der Waals surface area contributed by atoms with Gasteiger partial charge in [-0.2, -0.15) is 18.2 Å². The van der Waals surface area contributed by atoms with Gasteiger partial charge in [0.2, 0.25) is 0 Å². The lowest BCUT2D eigenvalue weighted by molar-refractivity contribution is -0.140. The molecular weight excluding hydrogens is 316 g/mol. The molecule has 0 fully saturated rings. The molecule has 0 bridgehead atoms. The van der Waals surface area contributed by atoms with Gasteiger partial charge in [-0.25, -0.2) is 9.18 Å². The summed E-state index contributed by atoms with van der Waals surface area (Å²) in [6.45, 7) is -0.195. The standard InChI is InChI=1S/C11H12F4N4O.ClH/c1-19(10(20)18-9(16)17)5-6-2-3-8(12)7(4-6)11(13,14)15;/h2-4H,5H2,1H3,(H4,16,17,18,20);1H. The number of carbonyl (C=O) groups excluding carboxylic acids is 1. The molecule has 1 aromatic carbocycles. The van der Waals surface area contributed by atoms with Crippen LogP contribution >= 0.6 is 12.4 Å². The van der Waals surface area contributed by atoms with Crippen molar-refractivity contribution in [3.05, 3.63) is 35.1 Å². The fourth-order valence-corrected chi connectivity index (χ4v) is 1.43. The molecule has 1 rings (SSSR count). The number of urea groups is 1. The van der Waals surface area contributed by atoms with Crippen molar-refractivity contribution < 1.29 is 22.4 Å². The molecule has 4 N–H and O–H groups in total. The number of hydrogen-bond donors (Lipinski definition) is 2. The molecule has 21 heavy (non-hydrogen) atoms. The molecular formula is C11H13ClF4N4O. The number of aliphatic imine (C=N–C) groups is 1. The van der Waals surface area contributed by atoms with Crippen molar-refractivity contribution in [3.63, 3.8) is 0 Å². The first-order chi connectivity index (χ1) is 9.11. The summed E-state index contributed by atoms with van der Waals surface area (Å²) in [6, 6.07) is 1.65. The summed E-state index contributed by atoms with van der Waals surface area (Å²) in [7, 11) is 1.30. The highest BCUT2D eigenvalue weighted by atomic mass is 35.5. The topological polar surface area (TPSA) is 84.7 Å². The van der Waals surface area contributed by atoms with E-state index in [2.05, 4.69) is 4.99 Å². The third-order valence-corrected chi connectivity index (χ3v) is 2.31. The van der Waals surface area contributed by atoms with E-state index in [1.165, 1.54) is 7.05 Å². The van der Waals surface area contributed by atoms with Gasteiger partial charge in [0, 0.05) is 13.6 Å². The van der Waals surface area contributed by atoms with Gasteiger partial charge in [-0.05, 0) is 17.7 Å². The summed E-state index contributed by atoms with van der Waals surface area (Å²) < 4.78 is 50.6. The Morgan fingerprint density at radius 1 is 1.33 bits per heavy atom. The van der Waals surface area contributed by atoms with Gasteiger partial charge in [-0.3, -0.25) is 0 Å². The van der Waals surface area contributed by atoms with Crippen molar-refractivity contribution in [1.29, 1.82) is 0 Å². The molecule has 118 valence electrons. The van der Waals surface area contributed by atoms with Gasteiger partial charge < -0.3 is 16.4 Å². The largest absolute Gasteiger partial charge is 0.419 e. The van der Waals surface area contributed by atoms with Gasteiger partial charge in [-0.1, -0.05) is 6.07 Å². The van der Waals surface area contributed by atoms with Crippen molar-refractivity contribution in [3.8, 4) is 0 Å². The highest BCUT2D eigenvalue weighted by molar-refractivity contribution is 5.90. The first-order valence-corrected chi connectivity index (χ1v) is 5.31. The molecule has 0 aliphatic heterocycles. The summed E-state index contributed by atoms with van der Waals surface area (Å²) in [5, 5.41) is 0. The fourth-order valence-electron chi connectivity index (χ4n) is 1.43. The van der Waals surface area contributed by atoms with Crippen molar-refractivity contribution in [2.45, 2.75) is 12.7 Å². The van der Waals surface area contributed by atoms with Gasteiger partial charge in [0.25, 0.3) is 0 Å². The number of nitrogens with two attached hydrogens (primary N) is 2. The summed E-state index contributed by atoms with van der Waals surface area (Å²) in [4.78, 5) is 15.6. The van der Waals surface area contributed by atoms with E-state index < -0.39 is 29.5 Å². The Morgan fingerprint density at radius 3 is 2.38 bits per heavy atom. The summed E-state index contributed by atoms with van der Waals surface area (Å²) in [6.07, 6.45) is -4.80. The Morgan fingerprint density at radius 2 is 1.90 bits per heavy atom. The lowest BCUT2D eigenvalue weighted by Crippen LogP contribution is -2.30. The summed E-state index contributed by atoms with van der Waals surface area (Å²) in [5.41, 5.74) is 8.72. The number of carbonyl (C=O) groups is 1. The van der Waals surface area contributed by atoms with Gasteiger partial charge in [0.15, 0.2) is 5.96 Å². The van der Waals surface area contributed by atoms with Gasteiger partial charge in [0.05, 0.1) is 5.56 Å². The number of benzene rings is 1. The van der Waals surface area contributed by atoms with Gasteiger partial charge in [0.1, 0.15) is 5.82 Å². The average molecular weight is 329 g/mol. The van der Waals surface area contributed by atoms with E-state index in [-0.39, 0.29) is 24.5 Å². The predicted octanol–water partition coefficient (Wildman–Crippen LogP) is 2.09. The van der Waals surface area contributed by atoms with Crippen LogP contribution in [-0.4, -0.2) is 23.9 Å². The maximum atomic E-state index is 13.1. The van der Waals surface area contributed by atoms with Crippen LogP contribution in [0.3, 0.4) is 0 Å². The Hall–Kier alpha value is -2.03. The number of nitrogens with zero attached hydrogens (tertiary/aromatic N) is 2. The number of halogens is 5. The molecule has 0 heterocycles. The first kappa shape index (κ1) is 19.0. The Kier molecular flexibility index (Phi) is 6.43. The molecule has 1 aromatic rings. The monoisotopic (exact) mass is 328 g/mol. The van der Waals surface area contributed by atoms with Crippen molar-refractivity contribution in [2.24, 2.45) is 16.5 Å². The predicted molar refractivity (Wildman–Crippen MR) is 71.3 cm³/mol. The average Bonchev–Trinajstić information content (AvgIpc) is 2.29. The quantitative estimate of drug-likeness (QED) is 0.495. The zero-order valence-electron chi connectivity index (χ0n) is 10.8. The lowest BCUT2D eigenvalue weighted by Gasteiger charge is -2.16. The van der Waals surface area contributed by atoms with Crippen molar-refractivity contribution >= 4 is 24.4 Å². The second-order valence-corrected chi connectivity index (χ2v) is 3.99. The molecule has 0 saturated carbocycles. The van der Waals surface area contributed by atoms with Crippen LogP contribution in [0.15, 0.2) is 23.2 Å². The molecule has 0 aromatic heterocycles. The van der Waals surface area contributed by atoms with Gasteiger partial charge in [-0.15, -0.1) is 12.4 Å². The zero-order chi connectivity index (χ0) is 15.5. The summed E-state index contributed by atoms with van der Waals surface area (Å²) in [5.74, 6) is -1.84. The van der Waals surface area contributed by atoms with E-state index in [0.29, 0.717) is 12.1 Å². The molecule has 5 nitrogen and oxygen atoms in total. The van der Waals surface area contributed by atoms with E-state index >= 15 is 0 Å². The van der Waals surface area contributed by atoms with Crippen LogP contribution in [0.1, 0.15) is 11.1 Å². The minimum atomic E-state index is -4.80. The van der Waals surface area contributed by atoms with E-state index in [4.69, 9.17) is 11.5 Å². The van der Waals surface area contributed by atoms with Gasteiger partial charge >= 0.3 is 12.2 Å².